The minimum Gasteiger partial charge on any atom is -0.394 e. The molecule has 12 heteroatoms. The quantitative estimate of drug-likeness (QED) is 0.0497. The third-order valence-electron chi connectivity index (χ3n) is 9.06. The molecule has 11 nitrogen and oxygen atoms in total. The average molecular weight is 829 g/mol. The zero-order valence-corrected chi connectivity index (χ0v) is 34.4. The molecule has 0 aromatic heterocycles. The van der Waals surface area contributed by atoms with Crippen LogP contribution in [-0.4, -0.2) is 90.8 Å². The maximum absolute atomic E-state index is 13.0. The Morgan fingerprint density at radius 1 is 0.424 bits per heavy atom. The number of hydrogen-bond acceptors (Lipinski definition) is 11. The van der Waals surface area contributed by atoms with E-state index in [9.17, 15) is 13.5 Å². The first-order valence-corrected chi connectivity index (χ1v) is 21.2. The molecule has 0 aliphatic heterocycles. The van der Waals surface area contributed by atoms with E-state index in [-0.39, 0.29) is 64.4 Å². The molecular formula is C47H56O11S. The summed E-state index contributed by atoms with van der Waals surface area (Å²) >= 11 is 0. The zero-order chi connectivity index (χ0) is 41.4. The van der Waals surface area contributed by atoms with Gasteiger partial charge in [-0.15, -0.1) is 0 Å². The number of ether oxygens (including phenoxy) is 7. The van der Waals surface area contributed by atoms with Gasteiger partial charge in [0.1, 0.15) is 24.4 Å². The second kappa shape index (κ2) is 26.0. The molecule has 5 aromatic carbocycles. The minimum absolute atomic E-state index is 0.0382. The van der Waals surface area contributed by atoms with Crippen molar-refractivity contribution in [2.24, 2.45) is 0 Å². The van der Waals surface area contributed by atoms with E-state index in [1.807, 2.05) is 128 Å². The SMILES string of the molecule is Cc1ccc(S(=O)(=O)OCC(COCC(COCC(COCC(CO)OCc2ccccc2)OCc2ccccc2)OCc2ccccc2)OCc2ccccc2)cc1. The topological polar surface area (TPSA) is 128 Å². The zero-order valence-electron chi connectivity index (χ0n) is 33.6. The maximum atomic E-state index is 13.0. The predicted molar refractivity (Wildman–Crippen MR) is 224 cm³/mol. The van der Waals surface area contributed by atoms with Crippen LogP contribution in [0.4, 0.5) is 0 Å². The lowest BCUT2D eigenvalue weighted by molar-refractivity contribution is -0.118. The van der Waals surface area contributed by atoms with Crippen LogP contribution in [0.15, 0.2) is 150 Å². The second-order valence-electron chi connectivity index (χ2n) is 14.0. The molecule has 59 heavy (non-hydrogen) atoms. The van der Waals surface area contributed by atoms with Crippen LogP contribution >= 0.6 is 0 Å². The summed E-state index contributed by atoms with van der Waals surface area (Å²) in [7, 11) is -4.03. The highest BCUT2D eigenvalue weighted by Crippen LogP contribution is 2.16. The van der Waals surface area contributed by atoms with Gasteiger partial charge in [-0.05, 0) is 41.3 Å². The van der Waals surface area contributed by atoms with Crippen LogP contribution < -0.4 is 0 Å². The largest absolute Gasteiger partial charge is 0.394 e. The van der Waals surface area contributed by atoms with Crippen molar-refractivity contribution in [2.75, 3.05) is 52.9 Å². The number of benzene rings is 5. The Hall–Kier alpha value is -4.31. The van der Waals surface area contributed by atoms with Gasteiger partial charge in [-0.2, -0.15) is 8.42 Å². The summed E-state index contributed by atoms with van der Waals surface area (Å²) in [6.45, 7) is 3.65. The van der Waals surface area contributed by atoms with Crippen LogP contribution in [0.25, 0.3) is 0 Å². The fourth-order valence-electron chi connectivity index (χ4n) is 5.67. The molecule has 0 fully saturated rings. The number of aliphatic hydroxyl groups excluding tert-OH is 1. The molecule has 5 aromatic rings. The van der Waals surface area contributed by atoms with Gasteiger partial charge in [-0.25, -0.2) is 0 Å². The standard InChI is InChI=1S/C47H56O11S/c1-38-22-24-47(25-23-38)59(49,50)58-37-46(57-30-42-20-12-5-13-21-42)36-53-35-45(56-29-41-18-10-4-11-19-41)34-52-33-44(55-28-40-16-8-3-9-17-40)32-51-31-43(26-48)54-27-39-14-6-2-7-15-39/h2-25,43-46,48H,26-37H2,1H3. The van der Waals surface area contributed by atoms with E-state index in [0.29, 0.717) is 19.8 Å². The first-order valence-electron chi connectivity index (χ1n) is 19.8. The van der Waals surface area contributed by atoms with Crippen molar-refractivity contribution in [3.05, 3.63) is 173 Å². The Balaban J connectivity index is 1.17. The fraction of sp³-hybridized carbons (Fsp3) is 0.362. The van der Waals surface area contributed by atoms with Crippen molar-refractivity contribution < 1.29 is 50.9 Å². The smallest absolute Gasteiger partial charge is 0.297 e. The highest BCUT2D eigenvalue weighted by Gasteiger charge is 2.22. The molecule has 0 spiro atoms. The van der Waals surface area contributed by atoms with Gasteiger partial charge in [-0.1, -0.05) is 139 Å². The van der Waals surface area contributed by atoms with Gasteiger partial charge in [0.15, 0.2) is 0 Å². The van der Waals surface area contributed by atoms with Crippen molar-refractivity contribution in [1.29, 1.82) is 0 Å². The highest BCUT2D eigenvalue weighted by molar-refractivity contribution is 7.86. The first kappa shape index (κ1) is 45.8. The number of rotatable bonds is 29. The van der Waals surface area contributed by atoms with E-state index in [1.54, 1.807) is 12.1 Å². The minimum atomic E-state index is -4.03. The molecule has 1 N–H and O–H groups in total. The van der Waals surface area contributed by atoms with Crippen molar-refractivity contribution in [3.63, 3.8) is 0 Å². The third-order valence-corrected chi connectivity index (χ3v) is 10.4. The molecular weight excluding hydrogens is 773 g/mol. The highest BCUT2D eigenvalue weighted by atomic mass is 32.2. The lowest BCUT2D eigenvalue weighted by Crippen LogP contribution is -2.33. The summed E-state index contributed by atoms with van der Waals surface area (Å²) in [5, 5.41) is 9.94. The molecule has 0 bridgehead atoms. The van der Waals surface area contributed by atoms with Gasteiger partial charge in [0.25, 0.3) is 10.1 Å². The van der Waals surface area contributed by atoms with E-state index in [4.69, 9.17) is 37.3 Å². The van der Waals surface area contributed by atoms with Gasteiger partial charge in [0, 0.05) is 0 Å². The lowest BCUT2D eigenvalue weighted by Gasteiger charge is -2.24. The summed E-state index contributed by atoms with van der Waals surface area (Å²) in [6.07, 6.45) is -2.16. The van der Waals surface area contributed by atoms with Crippen LogP contribution in [0.1, 0.15) is 27.8 Å². The molecule has 0 heterocycles. The van der Waals surface area contributed by atoms with E-state index in [1.165, 1.54) is 12.1 Å². The van der Waals surface area contributed by atoms with Crippen LogP contribution in [-0.2, 0) is 73.9 Å². The van der Waals surface area contributed by atoms with Crippen LogP contribution in [0.2, 0.25) is 0 Å². The molecule has 4 unspecified atom stereocenters. The molecule has 0 radical (unpaired) electrons. The molecule has 0 saturated heterocycles. The molecule has 0 aliphatic carbocycles. The Bertz CT molecular complexity index is 1930. The Morgan fingerprint density at radius 2 is 0.729 bits per heavy atom. The van der Waals surface area contributed by atoms with E-state index in [2.05, 4.69) is 0 Å². The maximum Gasteiger partial charge on any atom is 0.297 e. The van der Waals surface area contributed by atoms with Crippen molar-refractivity contribution in [1.82, 2.24) is 0 Å². The van der Waals surface area contributed by atoms with E-state index in [0.717, 1.165) is 27.8 Å². The first-order chi connectivity index (χ1) is 28.9. The molecule has 0 saturated carbocycles. The fourth-order valence-corrected chi connectivity index (χ4v) is 6.61. The number of hydrogen-bond donors (Lipinski definition) is 1. The Morgan fingerprint density at radius 3 is 1.07 bits per heavy atom. The van der Waals surface area contributed by atoms with E-state index >= 15 is 0 Å². The van der Waals surface area contributed by atoms with Crippen LogP contribution in [0, 0.1) is 6.92 Å². The van der Waals surface area contributed by atoms with Crippen LogP contribution in [0.3, 0.4) is 0 Å². The molecule has 0 aliphatic rings. The number of aliphatic hydroxyl groups is 1. The van der Waals surface area contributed by atoms with Crippen molar-refractivity contribution in [2.45, 2.75) is 62.7 Å². The summed E-state index contributed by atoms with van der Waals surface area (Å²) in [5.41, 5.74) is 4.87. The molecule has 4 atom stereocenters. The van der Waals surface area contributed by atoms with Gasteiger partial charge in [0.2, 0.25) is 0 Å². The monoisotopic (exact) mass is 828 g/mol. The molecule has 316 valence electrons. The van der Waals surface area contributed by atoms with Crippen LogP contribution in [0.5, 0.6) is 0 Å². The van der Waals surface area contributed by atoms with Gasteiger partial charge in [0.05, 0.1) is 84.2 Å². The normalized spacial score (nSPS) is 13.8. The van der Waals surface area contributed by atoms with Crippen molar-refractivity contribution in [3.8, 4) is 0 Å². The number of aryl methyl sites for hydroxylation is 1. The summed E-state index contributed by atoms with van der Waals surface area (Å²) in [5.74, 6) is 0. The van der Waals surface area contributed by atoms with Gasteiger partial charge in [-0.3, -0.25) is 4.18 Å². The summed E-state index contributed by atoms with van der Waals surface area (Å²) in [6, 6.07) is 45.5. The third kappa shape index (κ3) is 17.8. The second-order valence-corrected chi connectivity index (χ2v) is 15.6. The summed E-state index contributed by atoms with van der Waals surface area (Å²) < 4.78 is 74.4. The van der Waals surface area contributed by atoms with E-state index < -0.39 is 34.5 Å². The Labute approximate surface area is 348 Å². The van der Waals surface area contributed by atoms with Crippen molar-refractivity contribution >= 4 is 10.1 Å². The predicted octanol–water partition coefficient (Wildman–Crippen LogP) is 7.08. The molecule has 5 rings (SSSR count). The van der Waals surface area contributed by atoms with Gasteiger partial charge >= 0.3 is 0 Å². The Kier molecular flexibility index (Phi) is 20.2. The molecule has 0 amide bonds. The summed E-state index contributed by atoms with van der Waals surface area (Å²) in [4.78, 5) is 0.0680. The lowest BCUT2D eigenvalue weighted by atomic mass is 10.2. The van der Waals surface area contributed by atoms with Gasteiger partial charge < -0.3 is 38.3 Å². The average Bonchev–Trinajstić information content (AvgIpc) is 3.27.